The van der Waals surface area contributed by atoms with Crippen LogP contribution in [0.4, 0.5) is 4.39 Å². The Morgan fingerprint density at radius 3 is 2.53 bits per heavy atom. The molecule has 0 aliphatic rings. The van der Waals surface area contributed by atoms with Crippen LogP contribution in [0, 0.1) is 5.82 Å². The molecule has 1 atom stereocenters. The minimum Gasteiger partial charge on any atom is -0.388 e. The van der Waals surface area contributed by atoms with Gasteiger partial charge in [-0.05, 0) is 51.3 Å². The summed E-state index contributed by atoms with van der Waals surface area (Å²) in [6.45, 7) is 0. The smallest absolute Gasteiger partial charge is 0.127 e. The van der Waals surface area contributed by atoms with Gasteiger partial charge in [-0.1, -0.05) is 35.3 Å². The van der Waals surface area contributed by atoms with Crippen molar-refractivity contribution in [2.45, 2.75) is 12.5 Å². The molecule has 0 heterocycles. The molecule has 5 heteroatoms. The Labute approximate surface area is 129 Å². The molecule has 0 saturated heterocycles. The van der Waals surface area contributed by atoms with Crippen LogP contribution in [0.1, 0.15) is 17.2 Å². The van der Waals surface area contributed by atoms with E-state index < -0.39 is 11.9 Å². The number of halogens is 4. The zero-order valence-corrected chi connectivity index (χ0v) is 12.8. The molecule has 2 rings (SSSR count). The normalized spacial score (nSPS) is 12.5. The molecule has 0 bridgehead atoms. The maximum absolute atomic E-state index is 13.6. The summed E-state index contributed by atoms with van der Waals surface area (Å²) < 4.78 is 14.3. The molecule has 0 aliphatic carbocycles. The molecule has 100 valence electrons. The topological polar surface area (TPSA) is 20.2 Å². The first-order chi connectivity index (χ1) is 8.97. The van der Waals surface area contributed by atoms with Gasteiger partial charge in [-0.25, -0.2) is 4.39 Å². The minimum absolute atomic E-state index is 0.178. The monoisotopic (exact) mass is 362 g/mol. The average molecular weight is 364 g/mol. The maximum Gasteiger partial charge on any atom is 0.127 e. The second kappa shape index (κ2) is 6.23. The predicted octanol–water partition coefficient (Wildman–Crippen LogP) is 5.17. The lowest BCUT2D eigenvalue weighted by molar-refractivity contribution is 0.177. The first kappa shape index (κ1) is 14.8. The summed E-state index contributed by atoms with van der Waals surface area (Å²) in [6, 6.07) is 9.53. The van der Waals surface area contributed by atoms with Crippen molar-refractivity contribution in [3.05, 3.63) is 67.9 Å². The Bertz CT molecular complexity index is 604. The van der Waals surface area contributed by atoms with Gasteiger partial charge in [0.15, 0.2) is 0 Å². The van der Waals surface area contributed by atoms with E-state index in [-0.39, 0.29) is 6.42 Å². The lowest BCUT2D eigenvalue weighted by atomic mass is 10.0. The zero-order valence-electron chi connectivity index (χ0n) is 9.71. The van der Waals surface area contributed by atoms with E-state index in [1.807, 2.05) is 0 Å². The van der Waals surface area contributed by atoms with Crippen molar-refractivity contribution < 1.29 is 9.50 Å². The molecule has 1 N–H and O–H groups in total. The van der Waals surface area contributed by atoms with Crippen LogP contribution < -0.4 is 0 Å². The van der Waals surface area contributed by atoms with Crippen LogP contribution in [-0.2, 0) is 6.42 Å². The van der Waals surface area contributed by atoms with Gasteiger partial charge in [-0.2, -0.15) is 0 Å². The standard InChI is InChI=1S/C14H10BrCl2FO/c15-11-5-9(2-4-12(11)17)14(19)6-8-1-3-10(16)7-13(8)18/h1-5,7,14,19H,6H2. The van der Waals surface area contributed by atoms with Crippen molar-refractivity contribution in [3.63, 3.8) is 0 Å². The predicted molar refractivity (Wildman–Crippen MR) is 79.2 cm³/mol. The summed E-state index contributed by atoms with van der Waals surface area (Å²) in [4.78, 5) is 0. The molecule has 1 nitrogen and oxygen atoms in total. The molecule has 0 amide bonds. The average Bonchev–Trinajstić information content (AvgIpc) is 2.36. The van der Waals surface area contributed by atoms with Crippen LogP contribution in [-0.4, -0.2) is 5.11 Å². The molecule has 0 aliphatic heterocycles. The molecular weight excluding hydrogens is 354 g/mol. The van der Waals surface area contributed by atoms with E-state index in [4.69, 9.17) is 23.2 Å². The van der Waals surface area contributed by atoms with Gasteiger partial charge in [0.1, 0.15) is 5.82 Å². The van der Waals surface area contributed by atoms with Gasteiger partial charge in [0, 0.05) is 15.9 Å². The number of hydrogen-bond acceptors (Lipinski definition) is 1. The van der Waals surface area contributed by atoms with Crippen molar-refractivity contribution in [1.82, 2.24) is 0 Å². The van der Waals surface area contributed by atoms with E-state index in [0.29, 0.717) is 25.6 Å². The fraction of sp³-hybridized carbons (Fsp3) is 0.143. The van der Waals surface area contributed by atoms with E-state index >= 15 is 0 Å². The molecule has 0 fully saturated rings. The number of aliphatic hydroxyl groups is 1. The van der Waals surface area contributed by atoms with Crippen LogP contribution in [0.2, 0.25) is 10.0 Å². The molecule has 0 radical (unpaired) electrons. The number of hydrogen-bond donors (Lipinski definition) is 1. The molecule has 19 heavy (non-hydrogen) atoms. The Balaban J connectivity index is 2.20. The fourth-order valence-electron chi connectivity index (χ4n) is 1.73. The van der Waals surface area contributed by atoms with Gasteiger partial charge >= 0.3 is 0 Å². The Kier molecular flexibility index (Phi) is 4.85. The molecular formula is C14H10BrCl2FO. The van der Waals surface area contributed by atoms with E-state index in [2.05, 4.69) is 15.9 Å². The quantitative estimate of drug-likeness (QED) is 0.797. The SMILES string of the molecule is OC(Cc1ccc(Cl)cc1F)c1ccc(Cl)c(Br)c1. The Hall–Kier alpha value is -0.610. The van der Waals surface area contributed by atoms with Crippen molar-refractivity contribution in [1.29, 1.82) is 0 Å². The van der Waals surface area contributed by atoms with Crippen LogP contribution in [0.15, 0.2) is 40.9 Å². The van der Waals surface area contributed by atoms with E-state index in [1.165, 1.54) is 6.07 Å². The summed E-state index contributed by atoms with van der Waals surface area (Å²) in [7, 11) is 0. The number of rotatable bonds is 3. The van der Waals surface area contributed by atoms with Crippen molar-refractivity contribution in [3.8, 4) is 0 Å². The lowest BCUT2D eigenvalue weighted by Crippen LogP contribution is -2.03. The summed E-state index contributed by atoms with van der Waals surface area (Å²) in [6.07, 6.45) is -0.624. The van der Waals surface area contributed by atoms with E-state index in [0.717, 1.165) is 0 Å². The molecule has 0 saturated carbocycles. The first-order valence-corrected chi connectivity index (χ1v) is 7.09. The summed E-state index contributed by atoms with van der Waals surface area (Å²) in [5, 5.41) is 11.0. The van der Waals surface area contributed by atoms with E-state index in [1.54, 1.807) is 30.3 Å². The fourth-order valence-corrected chi connectivity index (χ4v) is 2.41. The summed E-state index contributed by atoms with van der Waals surface area (Å²) in [5.41, 5.74) is 1.09. The van der Waals surface area contributed by atoms with Crippen molar-refractivity contribution in [2.75, 3.05) is 0 Å². The second-order valence-corrected chi connectivity index (χ2v) is 5.83. The highest BCUT2D eigenvalue weighted by Gasteiger charge is 2.13. The third-order valence-corrected chi connectivity index (χ3v) is 4.21. The largest absolute Gasteiger partial charge is 0.388 e. The van der Waals surface area contributed by atoms with Crippen molar-refractivity contribution >= 4 is 39.1 Å². The molecule has 2 aromatic carbocycles. The first-order valence-electron chi connectivity index (χ1n) is 5.54. The van der Waals surface area contributed by atoms with Gasteiger partial charge in [0.25, 0.3) is 0 Å². The Morgan fingerprint density at radius 1 is 1.16 bits per heavy atom. The number of aliphatic hydroxyl groups excluding tert-OH is 1. The third-order valence-electron chi connectivity index (χ3n) is 2.76. The summed E-state index contributed by atoms with van der Waals surface area (Å²) in [5.74, 6) is -0.417. The van der Waals surface area contributed by atoms with Crippen LogP contribution in [0.3, 0.4) is 0 Å². The molecule has 1 unspecified atom stereocenters. The minimum atomic E-state index is -0.802. The van der Waals surface area contributed by atoms with Gasteiger partial charge in [-0.3, -0.25) is 0 Å². The molecule has 0 aromatic heterocycles. The van der Waals surface area contributed by atoms with Gasteiger partial charge in [0.05, 0.1) is 11.1 Å². The highest BCUT2D eigenvalue weighted by Crippen LogP contribution is 2.28. The van der Waals surface area contributed by atoms with Gasteiger partial charge in [0.2, 0.25) is 0 Å². The van der Waals surface area contributed by atoms with Gasteiger partial charge in [-0.15, -0.1) is 0 Å². The second-order valence-electron chi connectivity index (χ2n) is 4.13. The van der Waals surface area contributed by atoms with Crippen LogP contribution in [0.25, 0.3) is 0 Å². The highest BCUT2D eigenvalue weighted by molar-refractivity contribution is 9.10. The van der Waals surface area contributed by atoms with E-state index in [9.17, 15) is 9.50 Å². The maximum atomic E-state index is 13.6. The lowest BCUT2D eigenvalue weighted by Gasteiger charge is -2.12. The van der Waals surface area contributed by atoms with Gasteiger partial charge < -0.3 is 5.11 Å². The summed E-state index contributed by atoms with van der Waals surface area (Å²) >= 11 is 14.9. The van der Waals surface area contributed by atoms with Crippen molar-refractivity contribution in [2.24, 2.45) is 0 Å². The zero-order chi connectivity index (χ0) is 14.0. The third kappa shape index (κ3) is 3.69. The van der Waals surface area contributed by atoms with Crippen LogP contribution >= 0.6 is 39.1 Å². The number of benzene rings is 2. The Morgan fingerprint density at radius 2 is 1.89 bits per heavy atom. The highest BCUT2D eigenvalue weighted by atomic mass is 79.9. The van der Waals surface area contributed by atoms with Crippen LogP contribution in [0.5, 0.6) is 0 Å². The molecule has 0 spiro atoms. The molecule has 2 aromatic rings.